The molecule has 0 unspecified atom stereocenters. The molecule has 0 saturated heterocycles. The smallest absolute Gasteiger partial charge is 0.317 e. The average molecular weight is 398 g/mol. The van der Waals surface area contributed by atoms with Gasteiger partial charge in [-0.3, -0.25) is 9.69 Å². The Kier molecular flexibility index (Phi) is 8.05. The maximum absolute atomic E-state index is 10.8. The number of hydrogen-bond acceptors (Lipinski definition) is 3. The third-order valence-corrected chi connectivity index (χ3v) is 4.31. The first kappa shape index (κ1) is 21.5. The van der Waals surface area contributed by atoms with E-state index in [1.54, 1.807) is 11.9 Å². The van der Waals surface area contributed by atoms with Crippen LogP contribution in [0.4, 0.5) is 0 Å². The van der Waals surface area contributed by atoms with E-state index in [-0.39, 0.29) is 19.0 Å². The van der Waals surface area contributed by atoms with E-state index in [1.165, 1.54) is 0 Å². The van der Waals surface area contributed by atoms with Crippen molar-refractivity contribution in [1.82, 2.24) is 4.90 Å². The molecule has 146 valence electrons. The first-order chi connectivity index (χ1) is 13.1. The molecule has 3 aromatic carbocycles. The molecule has 0 fully saturated rings. The number of ether oxygens (including phenoxy) is 1. The number of carboxylic acids is 1. The van der Waals surface area contributed by atoms with Gasteiger partial charge in [0, 0.05) is 12.1 Å². The minimum absolute atomic E-state index is 0. The van der Waals surface area contributed by atoms with E-state index < -0.39 is 5.97 Å². The fraction of sp³-hybridized carbons (Fsp3) is 0.174. The van der Waals surface area contributed by atoms with Crippen molar-refractivity contribution in [2.24, 2.45) is 0 Å². The van der Waals surface area contributed by atoms with Crippen LogP contribution in [0.3, 0.4) is 0 Å². The summed E-state index contributed by atoms with van der Waals surface area (Å²) < 4.78 is 6.07. The van der Waals surface area contributed by atoms with E-state index in [0.29, 0.717) is 13.2 Å². The number of rotatable bonds is 8. The van der Waals surface area contributed by atoms with Crippen LogP contribution in [0.5, 0.6) is 5.75 Å². The van der Waals surface area contributed by atoms with E-state index in [9.17, 15) is 4.79 Å². The SMILES string of the molecule is CN(CCOc1cc(-c2ccccc2)ccc1-c1ccccc1)CC(=O)O.Cl. The van der Waals surface area contributed by atoms with Crippen molar-refractivity contribution in [3.8, 4) is 28.0 Å². The molecule has 28 heavy (non-hydrogen) atoms. The lowest BCUT2D eigenvalue weighted by Crippen LogP contribution is -2.29. The first-order valence-corrected chi connectivity index (χ1v) is 8.91. The summed E-state index contributed by atoms with van der Waals surface area (Å²) in [7, 11) is 1.77. The molecular formula is C23H24ClNO3. The van der Waals surface area contributed by atoms with Crippen molar-refractivity contribution in [3.63, 3.8) is 0 Å². The number of nitrogens with zero attached hydrogens (tertiary/aromatic N) is 1. The molecule has 1 N–H and O–H groups in total. The molecule has 0 spiro atoms. The highest BCUT2D eigenvalue weighted by Gasteiger charge is 2.10. The summed E-state index contributed by atoms with van der Waals surface area (Å²) in [6.07, 6.45) is 0. The molecule has 0 heterocycles. The molecule has 3 rings (SSSR count). The van der Waals surface area contributed by atoms with Gasteiger partial charge in [0.25, 0.3) is 0 Å². The lowest BCUT2D eigenvalue weighted by molar-refractivity contribution is -0.138. The number of aliphatic carboxylic acids is 1. The lowest BCUT2D eigenvalue weighted by atomic mass is 9.99. The van der Waals surface area contributed by atoms with Crippen molar-refractivity contribution in [2.75, 3.05) is 26.7 Å². The van der Waals surface area contributed by atoms with Gasteiger partial charge in [-0.25, -0.2) is 0 Å². The van der Waals surface area contributed by atoms with Crippen LogP contribution >= 0.6 is 12.4 Å². The van der Waals surface area contributed by atoms with Gasteiger partial charge in [0.15, 0.2) is 0 Å². The van der Waals surface area contributed by atoms with Gasteiger partial charge in [0.1, 0.15) is 12.4 Å². The van der Waals surface area contributed by atoms with Crippen molar-refractivity contribution in [1.29, 1.82) is 0 Å². The Hall–Kier alpha value is -2.82. The molecule has 0 atom stereocenters. The Morgan fingerprint density at radius 3 is 2.11 bits per heavy atom. The van der Waals surface area contributed by atoms with Gasteiger partial charge in [-0.05, 0) is 29.8 Å². The van der Waals surface area contributed by atoms with Gasteiger partial charge in [0.2, 0.25) is 0 Å². The van der Waals surface area contributed by atoms with Gasteiger partial charge in [-0.15, -0.1) is 12.4 Å². The lowest BCUT2D eigenvalue weighted by Gasteiger charge is -2.17. The molecule has 0 aliphatic rings. The standard InChI is InChI=1S/C23H23NO3.ClH/c1-24(17-23(25)26)14-15-27-22-16-20(18-8-4-2-5-9-18)12-13-21(22)19-10-6-3-7-11-19;/h2-13,16H,14-15,17H2,1H3,(H,25,26);1H. The van der Waals surface area contributed by atoms with Crippen LogP contribution in [0.1, 0.15) is 0 Å². The predicted molar refractivity (Wildman–Crippen MR) is 115 cm³/mol. The fourth-order valence-corrected chi connectivity index (χ4v) is 2.93. The molecule has 3 aromatic rings. The minimum Gasteiger partial charge on any atom is -0.492 e. The van der Waals surface area contributed by atoms with E-state index >= 15 is 0 Å². The highest BCUT2D eigenvalue weighted by molar-refractivity contribution is 5.85. The molecule has 0 aliphatic heterocycles. The predicted octanol–water partition coefficient (Wildman–Crippen LogP) is 4.84. The zero-order chi connectivity index (χ0) is 19.1. The van der Waals surface area contributed by atoms with E-state index in [4.69, 9.17) is 9.84 Å². The third kappa shape index (κ3) is 5.84. The molecule has 0 amide bonds. The summed E-state index contributed by atoms with van der Waals surface area (Å²) in [5.41, 5.74) is 4.33. The second-order valence-corrected chi connectivity index (χ2v) is 6.42. The van der Waals surface area contributed by atoms with Crippen LogP contribution in [0.2, 0.25) is 0 Å². The van der Waals surface area contributed by atoms with Crippen molar-refractivity contribution >= 4 is 18.4 Å². The molecule has 4 nitrogen and oxygen atoms in total. The highest BCUT2D eigenvalue weighted by atomic mass is 35.5. The summed E-state index contributed by atoms with van der Waals surface area (Å²) in [6, 6.07) is 26.5. The molecule has 0 radical (unpaired) electrons. The maximum Gasteiger partial charge on any atom is 0.317 e. The zero-order valence-corrected chi connectivity index (χ0v) is 16.6. The Morgan fingerprint density at radius 1 is 0.893 bits per heavy atom. The quantitative estimate of drug-likeness (QED) is 0.591. The summed E-state index contributed by atoms with van der Waals surface area (Å²) in [5.74, 6) is -0.0418. The highest BCUT2D eigenvalue weighted by Crippen LogP contribution is 2.34. The Labute approximate surface area is 171 Å². The van der Waals surface area contributed by atoms with Crippen LogP contribution in [0, 0.1) is 0 Å². The van der Waals surface area contributed by atoms with Crippen molar-refractivity contribution < 1.29 is 14.6 Å². The number of likely N-dealkylation sites (N-methyl/N-ethyl adjacent to an activating group) is 1. The second kappa shape index (κ2) is 10.5. The Morgan fingerprint density at radius 2 is 1.50 bits per heavy atom. The third-order valence-electron chi connectivity index (χ3n) is 4.31. The minimum atomic E-state index is -0.839. The van der Waals surface area contributed by atoms with Crippen molar-refractivity contribution in [2.45, 2.75) is 0 Å². The van der Waals surface area contributed by atoms with Gasteiger partial charge >= 0.3 is 5.97 Å². The number of hydrogen-bond donors (Lipinski definition) is 1. The van der Waals surface area contributed by atoms with Gasteiger partial charge in [0.05, 0.1) is 6.54 Å². The van der Waals surface area contributed by atoms with Crippen LogP contribution in [0.25, 0.3) is 22.3 Å². The number of halogens is 1. The molecule has 0 aliphatic carbocycles. The van der Waals surface area contributed by atoms with Crippen LogP contribution < -0.4 is 4.74 Å². The van der Waals surface area contributed by atoms with E-state index in [2.05, 4.69) is 42.5 Å². The van der Waals surface area contributed by atoms with Crippen LogP contribution in [0.15, 0.2) is 78.9 Å². The summed E-state index contributed by atoms with van der Waals surface area (Å²) >= 11 is 0. The zero-order valence-electron chi connectivity index (χ0n) is 15.7. The summed E-state index contributed by atoms with van der Waals surface area (Å²) in [4.78, 5) is 12.5. The molecular weight excluding hydrogens is 374 g/mol. The fourth-order valence-electron chi connectivity index (χ4n) is 2.93. The summed E-state index contributed by atoms with van der Waals surface area (Å²) in [5, 5.41) is 8.87. The largest absolute Gasteiger partial charge is 0.492 e. The first-order valence-electron chi connectivity index (χ1n) is 8.91. The Bertz CT molecular complexity index is 885. The normalized spacial score (nSPS) is 10.4. The van der Waals surface area contributed by atoms with E-state index in [0.717, 1.165) is 28.0 Å². The summed E-state index contributed by atoms with van der Waals surface area (Å²) in [6.45, 7) is 0.955. The van der Waals surface area contributed by atoms with Gasteiger partial charge in [-0.1, -0.05) is 72.8 Å². The number of benzene rings is 3. The van der Waals surface area contributed by atoms with Gasteiger partial charge in [-0.2, -0.15) is 0 Å². The topological polar surface area (TPSA) is 49.8 Å². The van der Waals surface area contributed by atoms with Crippen LogP contribution in [-0.2, 0) is 4.79 Å². The number of carboxylic acid groups (broad SMARTS) is 1. The monoisotopic (exact) mass is 397 g/mol. The van der Waals surface area contributed by atoms with Crippen LogP contribution in [-0.4, -0.2) is 42.7 Å². The molecule has 0 saturated carbocycles. The molecule has 5 heteroatoms. The average Bonchev–Trinajstić information content (AvgIpc) is 2.69. The Balaban J connectivity index is 0.00000280. The van der Waals surface area contributed by atoms with E-state index in [1.807, 2.05) is 36.4 Å². The molecule has 0 aromatic heterocycles. The maximum atomic E-state index is 10.8. The molecule has 0 bridgehead atoms. The number of carbonyl (C=O) groups is 1. The second-order valence-electron chi connectivity index (χ2n) is 6.42. The van der Waals surface area contributed by atoms with Gasteiger partial charge < -0.3 is 9.84 Å². The van der Waals surface area contributed by atoms with Crippen molar-refractivity contribution in [3.05, 3.63) is 78.9 Å².